The van der Waals surface area contributed by atoms with Gasteiger partial charge < -0.3 is 15.7 Å². The van der Waals surface area contributed by atoms with E-state index in [1.54, 1.807) is 30.3 Å². The van der Waals surface area contributed by atoms with Crippen molar-refractivity contribution in [2.45, 2.75) is 32.9 Å². The average Bonchev–Trinajstić information content (AvgIpc) is 2.73. The van der Waals surface area contributed by atoms with Crippen molar-refractivity contribution in [2.75, 3.05) is 11.9 Å². The van der Waals surface area contributed by atoms with E-state index < -0.39 is 6.04 Å². The number of carbonyl (C=O) groups is 1. The topological polar surface area (TPSA) is 74.2 Å². The minimum absolute atomic E-state index is 0.216. The number of anilines is 1. The molecule has 1 heterocycles. The molecule has 1 amide bonds. The van der Waals surface area contributed by atoms with Gasteiger partial charge in [-0.15, -0.1) is 0 Å². The van der Waals surface area contributed by atoms with Crippen LogP contribution in [0.1, 0.15) is 41.4 Å². The SMILES string of the molecule is Cc1cnc(NC(C)C)cc1-c1ccc(C(=O)N[C@H](CO)c2cccc(Cl)c2)cc1. The summed E-state index contributed by atoms with van der Waals surface area (Å²) < 4.78 is 0. The third-order valence-corrected chi connectivity index (χ3v) is 4.97. The highest BCUT2D eigenvalue weighted by Gasteiger charge is 2.16. The van der Waals surface area contributed by atoms with Crippen LogP contribution in [0.15, 0.2) is 60.8 Å². The van der Waals surface area contributed by atoms with Gasteiger partial charge >= 0.3 is 0 Å². The van der Waals surface area contributed by atoms with E-state index in [9.17, 15) is 9.90 Å². The molecule has 2 aromatic carbocycles. The van der Waals surface area contributed by atoms with Crippen LogP contribution in [0, 0.1) is 6.92 Å². The van der Waals surface area contributed by atoms with Crippen molar-refractivity contribution in [3.05, 3.63) is 82.5 Å². The molecule has 156 valence electrons. The Labute approximate surface area is 182 Å². The zero-order chi connectivity index (χ0) is 21.7. The van der Waals surface area contributed by atoms with Gasteiger partial charge in [-0.25, -0.2) is 4.98 Å². The molecule has 0 aliphatic carbocycles. The summed E-state index contributed by atoms with van der Waals surface area (Å²) in [6, 6.07) is 16.3. The van der Waals surface area contributed by atoms with Gasteiger partial charge in [0.15, 0.2) is 0 Å². The molecule has 0 aliphatic heterocycles. The number of benzene rings is 2. The van der Waals surface area contributed by atoms with Gasteiger partial charge in [0.05, 0.1) is 12.6 Å². The number of aliphatic hydroxyl groups is 1. The first-order chi connectivity index (χ1) is 14.4. The Bertz CT molecular complexity index is 1020. The van der Waals surface area contributed by atoms with Crippen molar-refractivity contribution >= 4 is 23.3 Å². The number of hydrogen-bond donors (Lipinski definition) is 3. The van der Waals surface area contributed by atoms with Crippen molar-refractivity contribution < 1.29 is 9.90 Å². The second kappa shape index (κ2) is 9.74. The standard InChI is InChI=1S/C24H26ClN3O2/c1-15(2)27-23-12-21(16(3)13-26-23)17-7-9-18(10-8-17)24(30)28-22(14-29)19-5-4-6-20(25)11-19/h4-13,15,22,29H,14H2,1-3H3,(H,26,27)(H,28,30)/t22-/m1/s1. The van der Waals surface area contributed by atoms with E-state index in [4.69, 9.17) is 11.6 Å². The number of aliphatic hydroxyl groups excluding tert-OH is 1. The number of amides is 1. The smallest absolute Gasteiger partial charge is 0.251 e. The third-order valence-electron chi connectivity index (χ3n) is 4.74. The number of carbonyl (C=O) groups excluding carboxylic acids is 1. The molecule has 0 unspecified atom stereocenters. The molecular weight excluding hydrogens is 398 g/mol. The number of pyridine rings is 1. The molecule has 30 heavy (non-hydrogen) atoms. The molecule has 3 N–H and O–H groups in total. The van der Waals surface area contributed by atoms with E-state index in [1.165, 1.54) is 0 Å². The highest BCUT2D eigenvalue weighted by molar-refractivity contribution is 6.30. The van der Waals surface area contributed by atoms with Gasteiger partial charge in [-0.2, -0.15) is 0 Å². The van der Waals surface area contributed by atoms with Crippen molar-refractivity contribution in [1.29, 1.82) is 0 Å². The Kier molecular flexibility index (Phi) is 7.08. The predicted octanol–water partition coefficient (Wildman–Crippen LogP) is 4.99. The fourth-order valence-corrected chi connectivity index (χ4v) is 3.41. The number of hydrogen-bond acceptors (Lipinski definition) is 4. The minimum Gasteiger partial charge on any atom is -0.394 e. The first-order valence-electron chi connectivity index (χ1n) is 9.88. The van der Waals surface area contributed by atoms with E-state index >= 15 is 0 Å². The van der Waals surface area contributed by atoms with E-state index in [1.807, 2.05) is 37.4 Å². The monoisotopic (exact) mass is 423 g/mol. The lowest BCUT2D eigenvalue weighted by molar-refractivity contribution is 0.0916. The highest BCUT2D eigenvalue weighted by Crippen LogP contribution is 2.26. The van der Waals surface area contributed by atoms with Gasteiger partial charge in [0, 0.05) is 22.8 Å². The van der Waals surface area contributed by atoms with Gasteiger partial charge in [-0.3, -0.25) is 4.79 Å². The summed E-state index contributed by atoms with van der Waals surface area (Å²) in [6.45, 7) is 5.93. The molecule has 3 rings (SSSR count). The molecule has 0 bridgehead atoms. The summed E-state index contributed by atoms with van der Waals surface area (Å²) >= 11 is 6.02. The van der Waals surface area contributed by atoms with Crippen LogP contribution in [0.3, 0.4) is 0 Å². The number of aryl methyl sites for hydroxylation is 1. The predicted molar refractivity (Wildman–Crippen MR) is 122 cm³/mol. The quantitative estimate of drug-likeness (QED) is 0.500. The first-order valence-corrected chi connectivity index (χ1v) is 10.3. The summed E-state index contributed by atoms with van der Waals surface area (Å²) in [5.74, 6) is 0.564. The maximum atomic E-state index is 12.7. The van der Waals surface area contributed by atoms with Crippen LogP contribution >= 0.6 is 11.6 Å². The molecule has 0 saturated heterocycles. The van der Waals surface area contributed by atoms with Crippen molar-refractivity contribution in [2.24, 2.45) is 0 Å². The van der Waals surface area contributed by atoms with E-state index in [-0.39, 0.29) is 18.6 Å². The van der Waals surface area contributed by atoms with Gasteiger partial charge in [0.25, 0.3) is 5.91 Å². The zero-order valence-corrected chi connectivity index (χ0v) is 18.1. The Morgan fingerprint density at radius 2 is 1.87 bits per heavy atom. The highest BCUT2D eigenvalue weighted by atomic mass is 35.5. The van der Waals surface area contributed by atoms with Crippen molar-refractivity contribution in [3.63, 3.8) is 0 Å². The van der Waals surface area contributed by atoms with Gasteiger partial charge in [-0.05, 0) is 73.4 Å². The molecule has 1 atom stereocenters. The van der Waals surface area contributed by atoms with E-state index in [2.05, 4.69) is 29.5 Å². The second-order valence-electron chi connectivity index (χ2n) is 7.52. The lowest BCUT2D eigenvalue weighted by Gasteiger charge is -2.17. The van der Waals surface area contributed by atoms with Crippen LogP contribution in [0.5, 0.6) is 0 Å². The summed E-state index contributed by atoms with van der Waals surface area (Å²) in [7, 11) is 0. The number of halogens is 1. The van der Waals surface area contributed by atoms with E-state index in [0.29, 0.717) is 10.6 Å². The molecule has 5 nitrogen and oxygen atoms in total. The Hall–Kier alpha value is -2.89. The van der Waals surface area contributed by atoms with E-state index in [0.717, 1.165) is 28.1 Å². The fraction of sp³-hybridized carbons (Fsp3) is 0.250. The number of rotatable bonds is 7. The molecule has 0 spiro atoms. The number of nitrogens with zero attached hydrogens (tertiary/aromatic N) is 1. The average molecular weight is 424 g/mol. The van der Waals surface area contributed by atoms with Crippen LogP contribution < -0.4 is 10.6 Å². The first kappa shape index (κ1) is 21.8. The molecule has 0 fully saturated rings. The molecular formula is C24H26ClN3O2. The normalized spacial score (nSPS) is 11.9. The third kappa shape index (κ3) is 5.38. The molecule has 1 aromatic heterocycles. The van der Waals surface area contributed by atoms with Crippen molar-refractivity contribution in [3.8, 4) is 11.1 Å². The Balaban J connectivity index is 1.77. The second-order valence-corrected chi connectivity index (χ2v) is 7.96. The maximum absolute atomic E-state index is 12.7. The van der Waals surface area contributed by atoms with Crippen LogP contribution in [-0.4, -0.2) is 28.6 Å². The molecule has 6 heteroatoms. The molecule has 3 aromatic rings. The van der Waals surface area contributed by atoms with Crippen LogP contribution in [0.2, 0.25) is 5.02 Å². The van der Waals surface area contributed by atoms with Crippen LogP contribution in [-0.2, 0) is 0 Å². The zero-order valence-electron chi connectivity index (χ0n) is 17.3. The Morgan fingerprint density at radius 3 is 2.50 bits per heavy atom. The maximum Gasteiger partial charge on any atom is 0.251 e. The van der Waals surface area contributed by atoms with Crippen molar-refractivity contribution in [1.82, 2.24) is 10.3 Å². The Morgan fingerprint density at radius 1 is 1.13 bits per heavy atom. The summed E-state index contributed by atoms with van der Waals surface area (Å²) in [4.78, 5) is 17.1. The summed E-state index contributed by atoms with van der Waals surface area (Å²) in [5, 5.41) is 16.4. The summed E-state index contributed by atoms with van der Waals surface area (Å²) in [5.41, 5.74) is 4.40. The molecule has 0 aliphatic rings. The number of nitrogens with one attached hydrogen (secondary N) is 2. The van der Waals surface area contributed by atoms with Gasteiger partial charge in [-0.1, -0.05) is 35.9 Å². The van der Waals surface area contributed by atoms with Crippen LogP contribution in [0.4, 0.5) is 5.82 Å². The number of aromatic nitrogens is 1. The van der Waals surface area contributed by atoms with Gasteiger partial charge in [0.2, 0.25) is 0 Å². The lowest BCUT2D eigenvalue weighted by atomic mass is 10.0. The van der Waals surface area contributed by atoms with Crippen LogP contribution in [0.25, 0.3) is 11.1 Å². The lowest BCUT2D eigenvalue weighted by Crippen LogP contribution is -2.30. The van der Waals surface area contributed by atoms with Gasteiger partial charge in [0.1, 0.15) is 5.82 Å². The molecule has 0 saturated carbocycles. The summed E-state index contributed by atoms with van der Waals surface area (Å²) in [6.07, 6.45) is 1.84. The fourth-order valence-electron chi connectivity index (χ4n) is 3.21. The largest absolute Gasteiger partial charge is 0.394 e. The minimum atomic E-state index is -0.525. The molecule has 0 radical (unpaired) electrons.